The van der Waals surface area contributed by atoms with Crippen molar-refractivity contribution in [3.8, 4) is 23.0 Å². The van der Waals surface area contributed by atoms with E-state index in [-0.39, 0.29) is 25.0 Å². The van der Waals surface area contributed by atoms with Crippen LogP contribution in [0.3, 0.4) is 0 Å². The molecule has 3 aromatic rings. The first kappa shape index (κ1) is 29.5. The lowest BCUT2D eigenvalue weighted by molar-refractivity contribution is -0.130. The third-order valence-corrected chi connectivity index (χ3v) is 7.64. The van der Waals surface area contributed by atoms with Crippen molar-refractivity contribution in [2.75, 3.05) is 31.9 Å². The van der Waals surface area contributed by atoms with E-state index in [9.17, 15) is 9.59 Å². The van der Waals surface area contributed by atoms with E-state index >= 15 is 0 Å². The third-order valence-electron chi connectivity index (χ3n) is 6.93. The largest absolute Gasteiger partial charge is 0.490 e. The predicted molar refractivity (Wildman–Crippen MR) is 163 cm³/mol. The summed E-state index contributed by atoms with van der Waals surface area (Å²) in [4.78, 5) is 30.2. The van der Waals surface area contributed by atoms with Crippen molar-refractivity contribution in [2.24, 2.45) is 0 Å². The quantitative estimate of drug-likeness (QED) is 0.272. The average Bonchev–Trinajstić information content (AvgIpc) is 3.53. The molecule has 0 spiro atoms. The summed E-state index contributed by atoms with van der Waals surface area (Å²) in [5, 5.41) is 3.79. The minimum atomic E-state index is -0.769. The van der Waals surface area contributed by atoms with E-state index < -0.39 is 6.04 Å². The molecule has 0 bridgehead atoms. The van der Waals surface area contributed by atoms with Crippen molar-refractivity contribution in [3.05, 3.63) is 76.8 Å². The summed E-state index contributed by atoms with van der Waals surface area (Å²) in [5.41, 5.74) is 2.45. The van der Waals surface area contributed by atoms with Crippen LogP contribution in [0.15, 0.2) is 60.7 Å². The summed E-state index contributed by atoms with van der Waals surface area (Å²) in [6.07, 6.45) is 0.472. The van der Waals surface area contributed by atoms with Crippen LogP contribution in [-0.4, -0.2) is 59.3 Å². The van der Waals surface area contributed by atoms with E-state index in [1.165, 1.54) is 0 Å². The number of nitrogens with one attached hydrogen (secondary N) is 1. The van der Waals surface area contributed by atoms with Crippen LogP contribution in [-0.2, 0) is 22.6 Å². The lowest BCUT2D eigenvalue weighted by atomic mass is 10.1. The first-order valence-corrected chi connectivity index (χ1v) is 14.6. The van der Waals surface area contributed by atoms with Gasteiger partial charge in [0, 0.05) is 23.8 Å². The molecule has 2 aliphatic heterocycles. The molecule has 220 valence electrons. The lowest BCUT2D eigenvalue weighted by Crippen LogP contribution is -2.37. The molecule has 1 fully saturated rings. The van der Waals surface area contributed by atoms with E-state index in [1.807, 2.05) is 50.2 Å². The molecule has 1 atom stereocenters. The number of ether oxygens (including phenoxy) is 4. The van der Waals surface area contributed by atoms with Crippen molar-refractivity contribution < 1.29 is 28.5 Å². The highest BCUT2D eigenvalue weighted by molar-refractivity contribution is 7.80. The normalized spacial score (nSPS) is 15.7. The Kier molecular flexibility index (Phi) is 9.34. The SMILES string of the molecule is CCOc1ccc(CCN2C(=O)C(CC(=O)Nc3ccc(Cl)cc3)N(Cc3ccc4c(c3)OCO4)C2=S)cc1OCC. The maximum atomic E-state index is 13.8. The fraction of sp³-hybridized carbons (Fsp3) is 0.323. The van der Waals surface area contributed by atoms with Crippen molar-refractivity contribution in [1.82, 2.24) is 9.80 Å². The van der Waals surface area contributed by atoms with Crippen LogP contribution in [0, 0.1) is 0 Å². The van der Waals surface area contributed by atoms with Gasteiger partial charge >= 0.3 is 0 Å². The smallest absolute Gasteiger partial charge is 0.252 e. The molecular weight excluding hydrogens is 578 g/mol. The molecule has 0 aliphatic carbocycles. The number of halogens is 1. The first-order valence-electron chi connectivity index (χ1n) is 13.8. The number of hydrogen-bond acceptors (Lipinski definition) is 7. The van der Waals surface area contributed by atoms with Gasteiger partial charge in [0.2, 0.25) is 12.7 Å². The van der Waals surface area contributed by atoms with Gasteiger partial charge in [-0.3, -0.25) is 14.5 Å². The maximum Gasteiger partial charge on any atom is 0.252 e. The number of carbonyl (C=O) groups is 2. The number of amides is 2. The molecule has 1 N–H and O–H groups in total. The van der Waals surface area contributed by atoms with Crippen LogP contribution in [0.4, 0.5) is 5.69 Å². The fourth-order valence-corrected chi connectivity index (χ4v) is 5.42. The fourth-order valence-electron chi connectivity index (χ4n) is 4.93. The first-order chi connectivity index (χ1) is 20.4. The van der Waals surface area contributed by atoms with Crippen LogP contribution < -0.4 is 24.3 Å². The zero-order chi connectivity index (χ0) is 29.6. The van der Waals surface area contributed by atoms with E-state index in [4.69, 9.17) is 42.8 Å². The van der Waals surface area contributed by atoms with E-state index in [0.717, 1.165) is 11.1 Å². The second-order valence-corrected chi connectivity index (χ2v) is 10.6. The Hall–Kier alpha value is -4.02. The van der Waals surface area contributed by atoms with Gasteiger partial charge in [-0.2, -0.15) is 0 Å². The molecule has 3 aromatic carbocycles. The van der Waals surface area contributed by atoms with Crippen LogP contribution in [0.5, 0.6) is 23.0 Å². The monoisotopic (exact) mass is 609 g/mol. The molecule has 1 unspecified atom stereocenters. The molecule has 0 aromatic heterocycles. The van der Waals surface area contributed by atoms with E-state index in [1.54, 1.807) is 34.1 Å². The van der Waals surface area contributed by atoms with Crippen LogP contribution in [0.25, 0.3) is 0 Å². The van der Waals surface area contributed by atoms with Crippen LogP contribution >= 0.6 is 23.8 Å². The van der Waals surface area contributed by atoms with Gasteiger partial charge < -0.3 is 29.2 Å². The molecule has 0 saturated carbocycles. The number of fused-ring (bicyclic) bond motifs is 1. The van der Waals surface area contributed by atoms with Gasteiger partial charge in [0.15, 0.2) is 28.1 Å². The van der Waals surface area contributed by atoms with Gasteiger partial charge in [-0.15, -0.1) is 0 Å². The number of hydrogen-bond donors (Lipinski definition) is 1. The van der Waals surface area contributed by atoms with E-state index in [2.05, 4.69) is 5.32 Å². The van der Waals surface area contributed by atoms with Gasteiger partial charge in [-0.1, -0.05) is 23.7 Å². The molecule has 0 radical (unpaired) electrons. The Morgan fingerprint density at radius 1 is 0.976 bits per heavy atom. The number of benzene rings is 3. The van der Waals surface area contributed by atoms with Crippen LogP contribution in [0.1, 0.15) is 31.4 Å². The molecule has 42 heavy (non-hydrogen) atoms. The van der Waals surface area contributed by atoms with Crippen molar-refractivity contribution >= 4 is 46.4 Å². The number of carbonyl (C=O) groups excluding carboxylic acids is 2. The summed E-state index contributed by atoms with van der Waals surface area (Å²) in [5.74, 6) is 2.12. The van der Waals surface area contributed by atoms with Gasteiger partial charge in [0.05, 0.1) is 19.6 Å². The molecule has 5 rings (SSSR count). The van der Waals surface area contributed by atoms with Gasteiger partial charge in [0.25, 0.3) is 5.91 Å². The Labute approximate surface area is 255 Å². The van der Waals surface area contributed by atoms with Crippen molar-refractivity contribution in [3.63, 3.8) is 0 Å². The van der Waals surface area contributed by atoms with E-state index in [0.29, 0.717) is 71.5 Å². The van der Waals surface area contributed by atoms with Crippen molar-refractivity contribution in [2.45, 2.75) is 39.3 Å². The maximum absolute atomic E-state index is 13.8. The zero-order valence-electron chi connectivity index (χ0n) is 23.4. The van der Waals surface area contributed by atoms with Gasteiger partial charge in [-0.25, -0.2) is 0 Å². The highest BCUT2D eigenvalue weighted by Crippen LogP contribution is 2.34. The Bertz CT molecular complexity index is 1470. The number of thiocarbonyl (C=S) groups is 1. The Morgan fingerprint density at radius 3 is 2.45 bits per heavy atom. The molecule has 2 heterocycles. The van der Waals surface area contributed by atoms with Gasteiger partial charge in [0.1, 0.15) is 6.04 Å². The van der Waals surface area contributed by atoms with Crippen molar-refractivity contribution in [1.29, 1.82) is 0 Å². The molecule has 11 heteroatoms. The second kappa shape index (κ2) is 13.3. The molecule has 9 nitrogen and oxygen atoms in total. The highest BCUT2D eigenvalue weighted by atomic mass is 35.5. The highest BCUT2D eigenvalue weighted by Gasteiger charge is 2.43. The molecule has 2 aliphatic rings. The number of rotatable bonds is 12. The number of anilines is 1. The minimum absolute atomic E-state index is 0.0693. The summed E-state index contributed by atoms with van der Waals surface area (Å²) in [6, 6.07) is 17.4. The molecule has 2 amide bonds. The van der Waals surface area contributed by atoms with Crippen LogP contribution in [0.2, 0.25) is 5.02 Å². The summed E-state index contributed by atoms with van der Waals surface area (Å²) < 4.78 is 22.4. The third kappa shape index (κ3) is 6.71. The molecule has 1 saturated heterocycles. The summed E-state index contributed by atoms with van der Waals surface area (Å²) in [6.45, 7) is 5.72. The van der Waals surface area contributed by atoms with Gasteiger partial charge in [-0.05, 0) is 92.1 Å². The Balaban J connectivity index is 1.34. The summed E-state index contributed by atoms with van der Waals surface area (Å²) >= 11 is 11.8. The predicted octanol–water partition coefficient (Wildman–Crippen LogP) is 5.44. The summed E-state index contributed by atoms with van der Waals surface area (Å²) in [7, 11) is 0. The molecular formula is C31H32ClN3O6S. The second-order valence-electron chi connectivity index (χ2n) is 9.76. The topological polar surface area (TPSA) is 89.6 Å². The Morgan fingerprint density at radius 2 is 1.69 bits per heavy atom. The average molecular weight is 610 g/mol. The standard InChI is InChI=1S/C31H32ClN3O6S/c1-3-38-25-11-5-20(15-27(25)39-4-2)13-14-34-30(37)24(17-29(36)33-23-9-7-22(32)8-10-23)35(31(34)42)18-21-6-12-26-28(16-21)41-19-40-26/h5-12,15-16,24H,3-4,13-14,17-19H2,1-2H3,(H,33,36). The minimum Gasteiger partial charge on any atom is -0.490 e. The number of nitrogens with zero attached hydrogens (tertiary/aromatic N) is 2. The zero-order valence-corrected chi connectivity index (χ0v) is 25.0. The lowest BCUT2D eigenvalue weighted by Gasteiger charge is -2.24.